The Hall–Kier alpha value is -2.43. The van der Waals surface area contributed by atoms with Crippen molar-refractivity contribution in [1.82, 2.24) is 24.7 Å². The number of ether oxygens (including phenoxy) is 1. The van der Waals surface area contributed by atoms with Gasteiger partial charge in [0.1, 0.15) is 5.82 Å². The van der Waals surface area contributed by atoms with Crippen LogP contribution in [-0.2, 0) is 6.54 Å². The Morgan fingerprint density at radius 3 is 2.63 bits per heavy atom. The zero-order valence-corrected chi connectivity index (χ0v) is 16.9. The molecule has 27 heavy (non-hydrogen) atoms. The molecule has 0 N–H and O–H groups in total. The van der Waals surface area contributed by atoms with Crippen molar-refractivity contribution in [3.8, 4) is 17.3 Å². The molecule has 3 rings (SSSR count). The monoisotopic (exact) mass is 481 g/mol. The quantitative estimate of drug-likeness (QED) is 0.504. The fourth-order valence-electron chi connectivity index (χ4n) is 2.25. The molecule has 0 aliphatic rings. The summed E-state index contributed by atoms with van der Waals surface area (Å²) in [5.74, 6) is -0.461. The molecule has 1 unspecified atom stereocenters. The topological polar surface area (TPSA) is 82.8 Å². The highest BCUT2D eigenvalue weighted by molar-refractivity contribution is 14.1. The first-order valence-corrected chi connectivity index (χ1v) is 9.40. The van der Waals surface area contributed by atoms with Gasteiger partial charge in [-0.25, -0.2) is 19.0 Å². The number of nitrogens with zero attached hydrogens (tertiary/aromatic N) is 5. The average Bonchev–Trinajstić information content (AvgIpc) is 2.66. The first-order valence-electron chi connectivity index (χ1n) is 8.32. The van der Waals surface area contributed by atoms with E-state index in [1.165, 1.54) is 16.9 Å². The molecule has 3 aromatic heterocycles. The van der Waals surface area contributed by atoms with Crippen molar-refractivity contribution >= 4 is 22.6 Å². The maximum absolute atomic E-state index is 13.3. The van der Waals surface area contributed by atoms with E-state index in [0.717, 1.165) is 12.6 Å². The van der Waals surface area contributed by atoms with Gasteiger partial charge in [0, 0.05) is 24.2 Å². The third-order valence-electron chi connectivity index (χ3n) is 3.83. The summed E-state index contributed by atoms with van der Waals surface area (Å²) >= 11 is 1.95. The molecule has 0 radical (unpaired) electrons. The number of halogens is 2. The van der Waals surface area contributed by atoms with Crippen molar-refractivity contribution in [1.29, 1.82) is 0 Å². The largest absolute Gasteiger partial charge is 0.460 e. The molecular weight excluding hydrogens is 464 g/mol. The second kappa shape index (κ2) is 8.51. The van der Waals surface area contributed by atoms with E-state index in [1.54, 1.807) is 18.5 Å². The van der Waals surface area contributed by atoms with Gasteiger partial charge in [-0.3, -0.25) is 9.78 Å². The summed E-state index contributed by atoms with van der Waals surface area (Å²) in [5, 5.41) is 4.36. The van der Waals surface area contributed by atoms with Gasteiger partial charge in [0.15, 0.2) is 0 Å². The highest BCUT2D eigenvalue weighted by Crippen LogP contribution is 2.18. The maximum atomic E-state index is 13.3. The number of rotatable bonds is 6. The van der Waals surface area contributed by atoms with Crippen molar-refractivity contribution in [3.63, 3.8) is 0 Å². The molecule has 0 aliphatic heterocycles. The van der Waals surface area contributed by atoms with Gasteiger partial charge in [-0.15, -0.1) is 0 Å². The van der Waals surface area contributed by atoms with E-state index >= 15 is 0 Å². The second-order valence-corrected chi connectivity index (χ2v) is 7.10. The molecule has 0 saturated heterocycles. The van der Waals surface area contributed by atoms with E-state index in [2.05, 4.69) is 20.1 Å². The van der Waals surface area contributed by atoms with Crippen LogP contribution in [0.5, 0.6) is 6.01 Å². The van der Waals surface area contributed by atoms with Crippen LogP contribution in [0.15, 0.2) is 41.7 Å². The smallest absolute Gasteiger partial charge is 0.316 e. The van der Waals surface area contributed by atoms with E-state index in [4.69, 9.17) is 4.74 Å². The second-order valence-electron chi connectivity index (χ2n) is 5.94. The molecule has 7 nitrogen and oxygen atoms in total. The molecule has 3 aromatic rings. The van der Waals surface area contributed by atoms with Crippen LogP contribution >= 0.6 is 22.6 Å². The molecular formula is C18H17FIN5O2. The molecule has 0 fully saturated rings. The van der Waals surface area contributed by atoms with Crippen molar-refractivity contribution in [2.45, 2.75) is 32.9 Å². The Bertz CT molecular complexity index is 994. The average molecular weight is 481 g/mol. The molecule has 3 heterocycles. The van der Waals surface area contributed by atoms with Crippen LogP contribution < -0.4 is 10.3 Å². The van der Waals surface area contributed by atoms with Gasteiger partial charge in [0.2, 0.25) is 0 Å². The Labute approximate surface area is 168 Å². The minimum absolute atomic E-state index is 0.0247. The first-order chi connectivity index (χ1) is 13.0. The molecule has 9 heteroatoms. The third kappa shape index (κ3) is 4.85. The number of pyridine rings is 1. The van der Waals surface area contributed by atoms with Crippen molar-refractivity contribution in [2.75, 3.05) is 0 Å². The molecule has 0 amide bonds. The van der Waals surface area contributed by atoms with Crippen LogP contribution in [0.2, 0.25) is 0 Å². The standard InChI is InChI=1S/C18H17FIN5O2/c1-3-11(2)27-18-22-7-13(8-23-18)16-5-15(20)17(26)25(24-16)10-12-4-14(19)9-21-6-12/h4-9,11H,3,10H2,1-2H3. The maximum Gasteiger partial charge on any atom is 0.316 e. The van der Waals surface area contributed by atoms with Gasteiger partial charge in [0.05, 0.1) is 28.1 Å². The third-order valence-corrected chi connectivity index (χ3v) is 4.60. The van der Waals surface area contributed by atoms with E-state index in [-0.39, 0.29) is 18.2 Å². The molecule has 1 atom stereocenters. The Balaban J connectivity index is 1.90. The molecule has 0 aliphatic carbocycles. The van der Waals surface area contributed by atoms with Gasteiger partial charge >= 0.3 is 6.01 Å². The Morgan fingerprint density at radius 2 is 1.96 bits per heavy atom. The summed E-state index contributed by atoms with van der Waals surface area (Å²) in [6.45, 7) is 4.07. The van der Waals surface area contributed by atoms with Crippen molar-refractivity contribution < 1.29 is 9.13 Å². The molecule has 0 spiro atoms. The molecule has 140 valence electrons. The number of hydrogen-bond acceptors (Lipinski definition) is 6. The molecule has 0 saturated carbocycles. The lowest BCUT2D eigenvalue weighted by molar-refractivity contribution is 0.199. The van der Waals surface area contributed by atoms with E-state index in [1.807, 2.05) is 36.4 Å². The molecule has 0 aromatic carbocycles. The highest BCUT2D eigenvalue weighted by Gasteiger charge is 2.11. The van der Waals surface area contributed by atoms with Crippen LogP contribution in [-0.4, -0.2) is 30.8 Å². The van der Waals surface area contributed by atoms with Gasteiger partial charge < -0.3 is 4.74 Å². The lowest BCUT2D eigenvalue weighted by Gasteiger charge is -2.11. The van der Waals surface area contributed by atoms with Gasteiger partial charge in [-0.05, 0) is 53.6 Å². The minimum atomic E-state index is -0.461. The van der Waals surface area contributed by atoms with E-state index in [0.29, 0.717) is 26.4 Å². The summed E-state index contributed by atoms with van der Waals surface area (Å²) in [6.07, 6.45) is 6.69. The van der Waals surface area contributed by atoms with Crippen LogP contribution in [0.1, 0.15) is 25.8 Å². The Morgan fingerprint density at radius 1 is 1.22 bits per heavy atom. The van der Waals surface area contributed by atoms with Crippen LogP contribution in [0.25, 0.3) is 11.3 Å². The number of hydrogen-bond donors (Lipinski definition) is 0. The van der Waals surface area contributed by atoms with Gasteiger partial charge in [-0.2, -0.15) is 5.10 Å². The fourth-order valence-corrected chi connectivity index (χ4v) is 2.82. The summed E-state index contributed by atoms with van der Waals surface area (Å²) < 4.78 is 20.7. The normalized spacial score (nSPS) is 12.0. The summed E-state index contributed by atoms with van der Waals surface area (Å²) in [6, 6.07) is 3.28. The fraction of sp³-hybridized carbons (Fsp3) is 0.278. The van der Waals surface area contributed by atoms with Gasteiger partial charge in [-0.1, -0.05) is 6.92 Å². The van der Waals surface area contributed by atoms with Crippen molar-refractivity contribution in [3.05, 3.63) is 62.2 Å². The van der Waals surface area contributed by atoms with Crippen LogP contribution in [0, 0.1) is 9.39 Å². The first kappa shape index (κ1) is 19.3. The minimum Gasteiger partial charge on any atom is -0.460 e. The van der Waals surface area contributed by atoms with E-state index < -0.39 is 5.82 Å². The predicted octanol–water partition coefficient (Wildman–Crippen LogP) is 3.06. The van der Waals surface area contributed by atoms with Gasteiger partial charge in [0.25, 0.3) is 5.56 Å². The highest BCUT2D eigenvalue weighted by atomic mass is 127. The summed E-state index contributed by atoms with van der Waals surface area (Å²) in [7, 11) is 0. The van der Waals surface area contributed by atoms with E-state index in [9.17, 15) is 9.18 Å². The van der Waals surface area contributed by atoms with Crippen LogP contribution in [0.3, 0.4) is 0 Å². The molecule has 0 bridgehead atoms. The van der Waals surface area contributed by atoms with Crippen LogP contribution in [0.4, 0.5) is 4.39 Å². The summed E-state index contributed by atoms with van der Waals surface area (Å²) in [5.41, 5.74) is 1.47. The summed E-state index contributed by atoms with van der Waals surface area (Å²) in [4.78, 5) is 24.6. The zero-order chi connectivity index (χ0) is 19.4. The number of aromatic nitrogens is 5. The zero-order valence-electron chi connectivity index (χ0n) is 14.8. The lowest BCUT2D eigenvalue weighted by atomic mass is 10.2. The SMILES string of the molecule is CCC(C)Oc1ncc(-c2cc(I)c(=O)n(Cc3cncc(F)c3)n2)cn1. The lowest BCUT2D eigenvalue weighted by Crippen LogP contribution is -2.26. The van der Waals surface area contributed by atoms with Crippen molar-refractivity contribution in [2.24, 2.45) is 0 Å². The predicted molar refractivity (Wildman–Crippen MR) is 106 cm³/mol. The Kier molecular flexibility index (Phi) is 6.09.